The molecule has 0 saturated carbocycles. The molecule has 0 aliphatic heterocycles. The molecular formula is C16H24N2O2. The predicted molar refractivity (Wildman–Crippen MR) is 81.8 cm³/mol. The maximum atomic E-state index is 12.0. The Morgan fingerprint density at radius 2 is 1.70 bits per heavy atom. The number of benzene rings is 1. The third-order valence-corrected chi connectivity index (χ3v) is 3.42. The first kappa shape index (κ1) is 16.2. The number of likely N-dealkylation sites (N-methyl/N-ethyl adjacent to an activating group) is 1. The summed E-state index contributed by atoms with van der Waals surface area (Å²) in [5.74, 6) is 0.124. The fourth-order valence-corrected chi connectivity index (χ4v) is 1.85. The second-order valence-corrected chi connectivity index (χ2v) is 5.09. The van der Waals surface area contributed by atoms with Gasteiger partial charge < -0.3 is 9.80 Å². The van der Waals surface area contributed by atoms with Crippen LogP contribution in [0.2, 0.25) is 0 Å². The van der Waals surface area contributed by atoms with E-state index in [1.165, 1.54) is 6.92 Å². The molecule has 0 radical (unpaired) electrons. The summed E-state index contributed by atoms with van der Waals surface area (Å²) in [4.78, 5) is 26.6. The number of carbonyl (C=O) groups excluding carboxylic acids is 2. The van der Waals surface area contributed by atoms with E-state index in [0.29, 0.717) is 6.42 Å². The third kappa shape index (κ3) is 4.68. The van der Waals surface area contributed by atoms with Crippen LogP contribution in [0.15, 0.2) is 24.3 Å². The fourth-order valence-electron chi connectivity index (χ4n) is 1.85. The van der Waals surface area contributed by atoms with Gasteiger partial charge in [0.15, 0.2) is 0 Å². The Morgan fingerprint density at radius 1 is 1.10 bits per heavy atom. The van der Waals surface area contributed by atoms with E-state index in [-0.39, 0.29) is 11.8 Å². The molecule has 0 unspecified atom stereocenters. The van der Waals surface area contributed by atoms with Gasteiger partial charge in [-0.1, -0.05) is 25.5 Å². The van der Waals surface area contributed by atoms with E-state index in [0.717, 1.165) is 30.6 Å². The van der Waals surface area contributed by atoms with Crippen molar-refractivity contribution in [1.82, 2.24) is 4.90 Å². The first-order chi connectivity index (χ1) is 9.45. The Balaban J connectivity index is 2.61. The molecule has 0 atom stereocenters. The molecule has 0 bridgehead atoms. The minimum atomic E-state index is -0.00637. The summed E-state index contributed by atoms with van der Waals surface area (Å²) in [5, 5.41) is 0. The largest absolute Gasteiger partial charge is 0.345 e. The van der Waals surface area contributed by atoms with Gasteiger partial charge in [-0.05, 0) is 24.1 Å². The minimum Gasteiger partial charge on any atom is -0.345 e. The fraction of sp³-hybridized carbons (Fsp3) is 0.500. The van der Waals surface area contributed by atoms with Crippen molar-refractivity contribution in [2.45, 2.75) is 33.1 Å². The Morgan fingerprint density at radius 3 is 2.20 bits per heavy atom. The summed E-state index contributed by atoms with van der Waals surface area (Å²) >= 11 is 0. The molecular weight excluding hydrogens is 252 g/mol. The van der Waals surface area contributed by atoms with Crippen LogP contribution in [0.1, 0.15) is 32.3 Å². The Hall–Kier alpha value is -1.84. The molecule has 0 fully saturated rings. The topological polar surface area (TPSA) is 40.6 Å². The average Bonchev–Trinajstić information content (AvgIpc) is 2.44. The molecule has 1 rings (SSSR count). The smallest absolute Gasteiger partial charge is 0.226 e. The molecule has 0 N–H and O–H groups in total. The van der Waals surface area contributed by atoms with Crippen molar-refractivity contribution in [3.05, 3.63) is 29.8 Å². The van der Waals surface area contributed by atoms with E-state index < -0.39 is 0 Å². The van der Waals surface area contributed by atoms with Gasteiger partial charge in [0, 0.05) is 33.3 Å². The van der Waals surface area contributed by atoms with Gasteiger partial charge in [0.05, 0.1) is 6.42 Å². The molecule has 20 heavy (non-hydrogen) atoms. The summed E-state index contributed by atoms with van der Waals surface area (Å²) in [6.07, 6.45) is 2.53. The number of amides is 2. The molecule has 0 saturated heterocycles. The lowest BCUT2D eigenvalue weighted by Gasteiger charge is -2.18. The zero-order chi connectivity index (χ0) is 15.1. The second kappa shape index (κ2) is 7.68. The monoisotopic (exact) mass is 276 g/mol. The van der Waals surface area contributed by atoms with Gasteiger partial charge >= 0.3 is 0 Å². The molecule has 0 heterocycles. The molecule has 1 aromatic rings. The van der Waals surface area contributed by atoms with Crippen LogP contribution < -0.4 is 4.90 Å². The van der Waals surface area contributed by atoms with Crippen molar-refractivity contribution in [3.8, 4) is 0 Å². The Bertz CT molecular complexity index is 454. The van der Waals surface area contributed by atoms with Gasteiger partial charge in [0.2, 0.25) is 11.8 Å². The lowest BCUT2D eigenvalue weighted by Crippen LogP contribution is -2.29. The van der Waals surface area contributed by atoms with E-state index in [4.69, 9.17) is 0 Å². The lowest BCUT2D eigenvalue weighted by atomic mass is 10.1. The maximum Gasteiger partial charge on any atom is 0.226 e. The Labute approximate surface area is 121 Å². The van der Waals surface area contributed by atoms with Crippen molar-refractivity contribution in [2.24, 2.45) is 0 Å². The van der Waals surface area contributed by atoms with Crippen LogP contribution in [-0.2, 0) is 16.0 Å². The highest BCUT2D eigenvalue weighted by Crippen LogP contribution is 2.14. The predicted octanol–water partition coefficient (Wildman–Crippen LogP) is 2.47. The van der Waals surface area contributed by atoms with Crippen molar-refractivity contribution >= 4 is 17.5 Å². The summed E-state index contributed by atoms with van der Waals surface area (Å²) in [6.45, 7) is 4.45. The van der Waals surface area contributed by atoms with Gasteiger partial charge in [-0.3, -0.25) is 9.59 Å². The number of carbonyl (C=O) groups is 2. The summed E-state index contributed by atoms with van der Waals surface area (Å²) < 4.78 is 0. The molecule has 4 heteroatoms. The van der Waals surface area contributed by atoms with E-state index in [1.807, 2.05) is 31.3 Å². The molecule has 0 aliphatic carbocycles. The molecule has 0 spiro atoms. The normalized spacial score (nSPS) is 10.2. The third-order valence-electron chi connectivity index (χ3n) is 3.42. The van der Waals surface area contributed by atoms with Crippen LogP contribution in [0.25, 0.3) is 0 Å². The zero-order valence-corrected chi connectivity index (χ0v) is 12.8. The van der Waals surface area contributed by atoms with Gasteiger partial charge in [-0.25, -0.2) is 0 Å². The van der Waals surface area contributed by atoms with Crippen molar-refractivity contribution in [1.29, 1.82) is 0 Å². The van der Waals surface area contributed by atoms with E-state index in [9.17, 15) is 9.59 Å². The summed E-state index contributed by atoms with van der Waals surface area (Å²) in [6, 6.07) is 7.55. The molecule has 110 valence electrons. The van der Waals surface area contributed by atoms with E-state index in [2.05, 4.69) is 6.92 Å². The maximum absolute atomic E-state index is 12.0. The first-order valence-electron chi connectivity index (χ1n) is 7.03. The highest BCUT2D eigenvalue weighted by molar-refractivity contribution is 5.90. The SMILES string of the molecule is CCCCN(C)C(=O)Cc1ccc(N(C)C(C)=O)cc1. The minimum absolute atomic E-state index is 0.00637. The molecule has 0 aliphatic rings. The van der Waals surface area contributed by atoms with Crippen LogP contribution in [-0.4, -0.2) is 37.4 Å². The van der Waals surface area contributed by atoms with Gasteiger partial charge in [0.1, 0.15) is 0 Å². The second-order valence-electron chi connectivity index (χ2n) is 5.09. The van der Waals surface area contributed by atoms with Crippen LogP contribution in [0.4, 0.5) is 5.69 Å². The number of unbranched alkanes of at least 4 members (excludes halogenated alkanes) is 1. The van der Waals surface area contributed by atoms with Gasteiger partial charge in [0.25, 0.3) is 0 Å². The number of hydrogen-bond acceptors (Lipinski definition) is 2. The van der Waals surface area contributed by atoms with Crippen molar-refractivity contribution < 1.29 is 9.59 Å². The Kier molecular flexibility index (Phi) is 6.22. The zero-order valence-electron chi connectivity index (χ0n) is 12.8. The lowest BCUT2D eigenvalue weighted by molar-refractivity contribution is -0.129. The van der Waals surface area contributed by atoms with Crippen molar-refractivity contribution in [2.75, 3.05) is 25.5 Å². The average molecular weight is 276 g/mol. The molecule has 2 amide bonds. The van der Waals surface area contributed by atoms with Gasteiger partial charge in [-0.2, -0.15) is 0 Å². The van der Waals surface area contributed by atoms with E-state index in [1.54, 1.807) is 16.8 Å². The highest BCUT2D eigenvalue weighted by atomic mass is 16.2. The quantitative estimate of drug-likeness (QED) is 0.801. The number of anilines is 1. The molecule has 4 nitrogen and oxygen atoms in total. The standard InChI is InChI=1S/C16H24N2O2/c1-5-6-11-17(3)16(20)12-14-7-9-15(10-8-14)18(4)13(2)19/h7-10H,5-6,11-12H2,1-4H3. The van der Waals surface area contributed by atoms with Crippen LogP contribution in [0.3, 0.4) is 0 Å². The van der Waals surface area contributed by atoms with Crippen LogP contribution in [0.5, 0.6) is 0 Å². The summed E-state index contributed by atoms with van der Waals surface area (Å²) in [5.41, 5.74) is 1.81. The number of hydrogen-bond donors (Lipinski definition) is 0. The van der Waals surface area contributed by atoms with E-state index >= 15 is 0 Å². The van der Waals surface area contributed by atoms with Crippen molar-refractivity contribution in [3.63, 3.8) is 0 Å². The highest BCUT2D eigenvalue weighted by Gasteiger charge is 2.10. The number of nitrogens with zero attached hydrogens (tertiary/aromatic N) is 2. The van der Waals surface area contributed by atoms with Gasteiger partial charge in [-0.15, -0.1) is 0 Å². The number of rotatable bonds is 6. The molecule has 0 aromatic heterocycles. The van der Waals surface area contributed by atoms with Crippen LogP contribution in [0, 0.1) is 0 Å². The summed E-state index contributed by atoms with van der Waals surface area (Å²) in [7, 11) is 3.58. The van der Waals surface area contributed by atoms with Crippen LogP contribution >= 0.6 is 0 Å². The first-order valence-corrected chi connectivity index (χ1v) is 7.03. The molecule has 1 aromatic carbocycles.